The lowest BCUT2D eigenvalue weighted by molar-refractivity contribution is 0.0972. The fraction of sp³-hybridized carbons (Fsp3) is 0.304. The van der Waals surface area contributed by atoms with E-state index >= 15 is 0 Å². The van der Waals surface area contributed by atoms with Crippen LogP contribution in [0.1, 0.15) is 28.6 Å². The summed E-state index contributed by atoms with van der Waals surface area (Å²) < 4.78 is 19.8. The summed E-state index contributed by atoms with van der Waals surface area (Å²) in [7, 11) is 1.58. The minimum absolute atomic E-state index is 0.191. The van der Waals surface area contributed by atoms with Gasteiger partial charge in [0.1, 0.15) is 0 Å². The van der Waals surface area contributed by atoms with E-state index in [0.717, 1.165) is 15.6 Å². The largest absolute Gasteiger partial charge is 0.493 e. The molecule has 0 atom stereocenters. The molecule has 2 aromatic heterocycles. The van der Waals surface area contributed by atoms with Crippen molar-refractivity contribution >= 4 is 38.4 Å². The zero-order valence-electron chi connectivity index (χ0n) is 17.5. The van der Waals surface area contributed by atoms with Crippen LogP contribution in [-0.2, 0) is 11.3 Å². The van der Waals surface area contributed by atoms with Gasteiger partial charge in [-0.05, 0) is 50.1 Å². The quantitative estimate of drug-likeness (QED) is 0.415. The molecule has 30 heavy (non-hydrogen) atoms. The topological polar surface area (TPSA) is 66.0 Å². The van der Waals surface area contributed by atoms with Gasteiger partial charge in [-0.3, -0.25) is 4.79 Å². The monoisotopic (exact) mass is 424 g/mol. The van der Waals surface area contributed by atoms with E-state index in [9.17, 15) is 4.79 Å². The maximum absolute atomic E-state index is 13.0. The second-order valence-corrected chi connectivity index (χ2v) is 8.05. The van der Waals surface area contributed by atoms with Crippen molar-refractivity contribution in [2.45, 2.75) is 27.3 Å². The SMILES string of the molecule is CCOCCn1c(=NC(=O)c2cc3cccc(OC)c3o2)sc2c(C)cc(C)cc21. The van der Waals surface area contributed by atoms with Crippen LogP contribution in [0.25, 0.3) is 21.2 Å². The number of aromatic nitrogens is 1. The molecule has 0 fully saturated rings. The number of carbonyl (C=O) groups is 1. The number of ether oxygens (including phenoxy) is 2. The molecular weight excluding hydrogens is 400 g/mol. The normalized spacial score (nSPS) is 12.2. The third-order valence-corrected chi connectivity index (χ3v) is 6.14. The summed E-state index contributed by atoms with van der Waals surface area (Å²) in [6.45, 7) is 7.94. The molecular formula is C23H24N2O4S. The van der Waals surface area contributed by atoms with Gasteiger partial charge in [0.2, 0.25) is 0 Å². The second-order valence-electron chi connectivity index (χ2n) is 7.07. The van der Waals surface area contributed by atoms with Crippen molar-refractivity contribution in [1.82, 2.24) is 4.57 Å². The van der Waals surface area contributed by atoms with E-state index in [2.05, 4.69) is 35.5 Å². The Balaban J connectivity index is 1.82. The maximum atomic E-state index is 13.0. The summed E-state index contributed by atoms with van der Waals surface area (Å²) >= 11 is 1.51. The van der Waals surface area contributed by atoms with Gasteiger partial charge in [-0.1, -0.05) is 29.5 Å². The average molecular weight is 425 g/mol. The van der Waals surface area contributed by atoms with Crippen LogP contribution >= 0.6 is 11.3 Å². The number of aryl methyl sites for hydroxylation is 2. The van der Waals surface area contributed by atoms with E-state index in [-0.39, 0.29) is 5.76 Å². The van der Waals surface area contributed by atoms with Crippen LogP contribution in [-0.4, -0.2) is 30.8 Å². The number of thiazole rings is 1. The van der Waals surface area contributed by atoms with Crippen molar-refractivity contribution in [3.8, 4) is 5.75 Å². The second kappa shape index (κ2) is 8.45. The van der Waals surface area contributed by atoms with Gasteiger partial charge >= 0.3 is 5.91 Å². The molecule has 0 N–H and O–H groups in total. The molecule has 0 saturated carbocycles. The zero-order chi connectivity index (χ0) is 21.3. The number of nitrogens with zero attached hydrogens (tertiary/aromatic N) is 2. The van der Waals surface area contributed by atoms with E-state index in [0.29, 0.717) is 35.9 Å². The molecule has 0 radical (unpaired) electrons. The Bertz CT molecular complexity index is 1300. The van der Waals surface area contributed by atoms with Crippen molar-refractivity contribution in [2.75, 3.05) is 20.3 Å². The molecule has 0 aliphatic carbocycles. The van der Waals surface area contributed by atoms with Crippen molar-refractivity contribution in [2.24, 2.45) is 4.99 Å². The lowest BCUT2D eigenvalue weighted by Crippen LogP contribution is -2.19. The van der Waals surface area contributed by atoms with Crippen molar-refractivity contribution in [3.05, 3.63) is 58.1 Å². The fourth-order valence-electron chi connectivity index (χ4n) is 3.56. The Hall–Kier alpha value is -2.90. The average Bonchev–Trinajstić information content (AvgIpc) is 3.30. The third-order valence-electron chi connectivity index (χ3n) is 4.91. The van der Waals surface area contributed by atoms with Crippen LogP contribution in [0.4, 0.5) is 0 Å². The van der Waals surface area contributed by atoms with Crippen molar-refractivity contribution in [1.29, 1.82) is 0 Å². The lowest BCUT2D eigenvalue weighted by Gasteiger charge is -2.06. The van der Waals surface area contributed by atoms with E-state index in [1.54, 1.807) is 19.2 Å². The predicted octanol–water partition coefficient (Wildman–Crippen LogP) is 4.85. The van der Waals surface area contributed by atoms with E-state index < -0.39 is 5.91 Å². The molecule has 4 rings (SSSR count). The Kier molecular flexibility index (Phi) is 5.74. The smallest absolute Gasteiger partial charge is 0.315 e. The number of amides is 1. The Labute approximate surface area is 178 Å². The van der Waals surface area contributed by atoms with Crippen LogP contribution in [0.15, 0.2) is 45.8 Å². The van der Waals surface area contributed by atoms with Gasteiger partial charge in [0, 0.05) is 18.5 Å². The van der Waals surface area contributed by atoms with Crippen LogP contribution in [0.2, 0.25) is 0 Å². The highest BCUT2D eigenvalue weighted by Crippen LogP contribution is 2.29. The molecule has 0 bridgehead atoms. The first-order valence-corrected chi connectivity index (χ1v) is 10.7. The summed E-state index contributed by atoms with van der Waals surface area (Å²) in [6.07, 6.45) is 0. The van der Waals surface area contributed by atoms with Gasteiger partial charge in [-0.25, -0.2) is 0 Å². The summed E-state index contributed by atoms with van der Waals surface area (Å²) in [4.78, 5) is 18.0. The maximum Gasteiger partial charge on any atom is 0.315 e. The van der Waals surface area contributed by atoms with Crippen LogP contribution < -0.4 is 9.54 Å². The Morgan fingerprint density at radius 1 is 1.23 bits per heavy atom. The number of methoxy groups -OCH3 is 1. The van der Waals surface area contributed by atoms with Gasteiger partial charge in [0.05, 0.1) is 23.9 Å². The Morgan fingerprint density at radius 3 is 2.83 bits per heavy atom. The first-order valence-electron chi connectivity index (χ1n) is 9.85. The van der Waals surface area contributed by atoms with E-state index in [1.165, 1.54) is 22.5 Å². The molecule has 6 nitrogen and oxygen atoms in total. The fourth-order valence-corrected chi connectivity index (χ4v) is 4.66. The van der Waals surface area contributed by atoms with Crippen LogP contribution in [0.3, 0.4) is 0 Å². The molecule has 0 saturated heterocycles. The number of fused-ring (bicyclic) bond motifs is 2. The standard InChI is InChI=1S/C23H24N2O4S/c1-5-28-10-9-25-17-12-14(2)11-15(3)21(17)30-23(25)24-22(26)19-13-16-7-6-8-18(27-4)20(16)29-19/h6-8,11-13H,5,9-10H2,1-4H3. The number of rotatable bonds is 6. The van der Waals surface area contributed by atoms with E-state index in [1.807, 2.05) is 19.1 Å². The highest BCUT2D eigenvalue weighted by atomic mass is 32.1. The number of hydrogen-bond acceptors (Lipinski definition) is 5. The van der Waals surface area contributed by atoms with E-state index in [4.69, 9.17) is 13.9 Å². The molecule has 2 aromatic carbocycles. The van der Waals surface area contributed by atoms with Gasteiger partial charge in [0.15, 0.2) is 21.9 Å². The first-order chi connectivity index (χ1) is 14.5. The number of para-hydroxylation sites is 1. The van der Waals surface area contributed by atoms with Gasteiger partial charge in [-0.2, -0.15) is 4.99 Å². The van der Waals surface area contributed by atoms with Gasteiger partial charge in [0.25, 0.3) is 0 Å². The minimum atomic E-state index is -0.417. The molecule has 4 aromatic rings. The van der Waals surface area contributed by atoms with Gasteiger partial charge in [-0.15, -0.1) is 0 Å². The number of carbonyl (C=O) groups excluding carboxylic acids is 1. The van der Waals surface area contributed by atoms with Crippen LogP contribution in [0, 0.1) is 13.8 Å². The molecule has 0 aliphatic heterocycles. The van der Waals surface area contributed by atoms with Crippen molar-refractivity contribution < 1.29 is 18.7 Å². The highest BCUT2D eigenvalue weighted by molar-refractivity contribution is 7.16. The summed E-state index contributed by atoms with van der Waals surface area (Å²) in [6, 6.07) is 11.5. The molecule has 156 valence electrons. The predicted molar refractivity (Wildman–Crippen MR) is 118 cm³/mol. The summed E-state index contributed by atoms with van der Waals surface area (Å²) in [5.74, 6) is 0.363. The molecule has 0 aliphatic rings. The zero-order valence-corrected chi connectivity index (χ0v) is 18.3. The number of hydrogen-bond donors (Lipinski definition) is 0. The summed E-state index contributed by atoms with van der Waals surface area (Å²) in [5.41, 5.74) is 3.95. The minimum Gasteiger partial charge on any atom is -0.493 e. The molecule has 0 spiro atoms. The number of furan rings is 1. The Morgan fingerprint density at radius 2 is 2.07 bits per heavy atom. The molecule has 1 amide bonds. The lowest BCUT2D eigenvalue weighted by atomic mass is 10.1. The molecule has 0 unspecified atom stereocenters. The third kappa shape index (κ3) is 3.78. The van der Waals surface area contributed by atoms with Crippen molar-refractivity contribution in [3.63, 3.8) is 0 Å². The number of benzene rings is 2. The van der Waals surface area contributed by atoms with Gasteiger partial charge < -0.3 is 18.5 Å². The summed E-state index contributed by atoms with van der Waals surface area (Å²) in [5, 5.41) is 0.805. The first kappa shape index (κ1) is 20.4. The van der Waals surface area contributed by atoms with Crippen LogP contribution in [0.5, 0.6) is 5.75 Å². The highest BCUT2D eigenvalue weighted by Gasteiger charge is 2.16. The molecule has 7 heteroatoms. The molecule has 2 heterocycles.